The Labute approximate surface area is 126 Å². The quantitative estimate of drug-likeness (QED) is 0.799. The Morgan fingerprint density at radius 2 is 2.14 bits per heavy atom. The monoisotopic (exact) mass is 290 g/mol. The molecular weight excluding hydrogens is 264 g/mol. The largest absolute Gasteiger partial charge is 0.508 e. The predicted molar refractivity (Wildman–Crippen MR) is 84.3 cm³/mol. The third-order valence-electron chi connectivity index (χ3n) is 3.70. The van der Waals surface area contributed by atoms with Crippen LogP contribution in [0.3, 0.4) is 0 Å². The first-order chi connectivity index (χ1) is 9.85. The fourth-order valence-corrected chi connectivity index (χ4v) is 2.85. The molecule has 0 saturated carbocycles. The molecule has 0 spiro atoms. The van der Waals surface area contributed by atoms with E-state index >= 15 is 0 Å². The van der Waals surface area contributed by atoms with Crippen LogP contribution in [0.1, 0.15) is 57.2 Å². The van der Waals surface area contributed by atoms with Crippen LogP contribution in [0.2, 0.25) is 0 Å². The average molecular weight is 290 g/mol. The third kappa shape index (κ3) is 4.74. The number of hydrogen-bond acceptors (Lipinski definition) is 3. The van der Waals surface area contributed by atoms with Gasteiger partial charge in [-0.1, -0.05) is 6.07 Å². The fourth-order valence-electron chi connectivity index (χ4n) is 2.85. The van der Waals surface area contributed by atoms with E-state index in [9.17, 15) is 9.90 Å². The first kappa shape index (κ1) is 15.8. The Kier molecular flexibility index (Phi) is 4.88. The van der Waals surface area contributed by atoms with E-state index in [0.29, 0.717) is 18.7 Å². The van der Waals surface area contributed by atoms with E-state index < -0.39 is 0 Å². The zero-order valence-corrected chi connectivity index (χ0v) is 13.2. The van der Waals surface area contributed by atoms with Crippen molar-refractivity contribution in [2.75, 3.05) is 6.54 Å². The van der Waals surface area contributed by atoms with Crippen LogP contribution in [0.15, 0.2) is 18.2 Å². The lowest BCUT2D eigenvalue weighted by molar-refractivity contribution is -0.122. The minimum Gasteiger partial charge on any atom is -0.508 e. The smallest absolute Gasteiger partial charge is 0.221 e. The number of amides is 1. The number of rotatable bonds is 4. The van der Waals surface area contributed by atoms with Crippen molar-refractivity contribution in [1.82, 2.24) is 10.6 Å². The number of aromatic hydroxyl groups is 1. The highest BCUT2D eigenvalue weighted by molar-refractivity contribution is 5.76. The van der Waals surface area contributed by atoms with E-state index in [1.54, 1.807) is 6.07 Å². The van der Waals surface area contributed by atoms with Gasteiger partial charge >= 0.3 is 0 Å². The maximum atomic E-state index is 11.8. The van der Waals surface area contributed by atoms with Gasteiger partial charge in [0, 0.05) is 24.5 Å². The molecule has 0 aliphatic heterocycles. The van der Waals surface area contributed by atoms with Crippen molar-refractivity contribution in [3.63, 3.8) is 0 Å². The predicted octanol–water partition coefficient (Wildman–Crippen LogP) is 2.66. The molecule has 0 bridgehead atoms. The molecule has 1 aromatic carbocycles. The molecule has 0 aromatic heterocycles. The zero-order valence-electron chi connectivity index (χ0n) is 13.2. The number of carbonyl (C=O) groups is 1. The summed E-state index contributed by atoms with van der Waals surface area (Å²) in [5, 5.41) is 16.0. The second kappa shape index (κ2) is 6.48. The Morgan fingerprint density at radius 1 is 1.38 bits per heavy atom. The summed E-state index contributed by atoms with van der Waals surface area (Å²) in [4.78, 5) is 11.8. The molecule has 0 saturated heterocycles. The molecule has 1 aromatic rings. The summed E-state index contributed by atoms with van der Waals surface area (Å²) in [5.74, 6) is 0.413. The number of carbonyl (C=O) groups excluding carboxylic acids is 1. The van der Waals surface area contributed by atoms with Crippen molar-refractivity contribution in [3.8, 4) is 5.75 Å². The lowest BCUT2D eigenvalue weighted by atomic mass is 9.87. The number of phenolic OH excluding ortho intramolecular Hbond substituents is 1. The van der Waals surface area contributed by atoms with Crippen LogP contribution in [0.5, 0.6) is 5.75 Å². The zero-order chi connectivity index (χ0) is 15.5. The normalized spacial score (nSPS) is 18.1. The van der Waals surface area contributed by atoms with Crippen LogP contribution in [0, 0.1) is 0 Å². The summed E-state index contributed by atoms with van der Waals surface area (Å²) in [7, 11) is 0. The van der Waals surface area contributed by atoms with Gasteiger partial charge in [-0.15, -0.1) is 0 Å². The standard InChI is InChI=1S/C17H26N2O2/c1-17(2,3)19-16(21)9-10-18-15-6-4-5-12-11-13(20)7-8-14(12)15/h7-8,11,15,18,20H,4-6,9-10H2,1-3H3,(H,19,21). The minimum atomic E-state index is -0.175. The maximum absolute atomic E-state index is 11.8. The summed E-state index contributed by atoms with van der Waals surface area (Å²) in [5.41, 5.74) is 2.31. The van der Waals surface area contributed by atoms with E-state index in [4.69, 9.17) is 0 Å². The van der Waals surface area contributed by atoms with E-state index in [0.717, 1.165) is 19.3 Å². The molecule has 1 aliphatic rings. The summed E-state index contributed by atoms with van der Waals surface area (Å²) < 4.78 is 0. The van der Waals surface area contributed by atoms with Gasteiger partial charge in [0.05, 0.1) is 0 Å². The van der Waals surface area contributed by atoms with Gasteiger partial charge in [0.15, 0.2) is 0 Å². The third-order valence-corrected chi connectivity index (χ3v) is 3.70. The highest BCUT2D eigenvalue weighted by Gasteiger charge is 2.20. The molecule has 21 heavy (non-hydrogen) atoms. The van der Waals surface area contributed by atoms with Crippen LogP contribution in [-0.4, -0.2) is 23.1 Å². The molecule has 1 aliphatic carbocycles. The second-order valence-corrected chi connectivity index (χ2v) is 6.83. The van der Waals surface area contributed by atoms with Gasteiger partial charge in [0.25, 0.3) is 0 Å². The Balaban J connectivity index is 1.87. The Morgan fingerprint density at radius 3 is 2.86 bits per heavy atom. The summed E-state index contributed by atoms with van der Waals surface area (Å²) in [6.45, 7) is 6.64. The van der Waals surface area contributed by atoms with Crippen molar-refractivity contribution in [2.24, 2.45) is 0 Å². The van der Waals surface area contributed by atoms with Crippen LogP contribution in [0.25, 0.3) is 0 Å². The molecular formula is C17H26N2O2. The second-order valence-electron chi connectivity index (χ2n) is 6.83. The lowest BCUT2D eigenvalue weighted by Crippen LogP contribution is -2.41. The molecule has 4 heteroatoms. The summed E-state index contributed by atoms with van der Waals surface area (Å²) in [6, 6.07) is 5.88. The first-order valence-electron chi connectivity index (χ1n) is 7.71. The fraction of sp³-hybridized carbons (Fsp3) is 0.588. The van der Waals surface area contributed by atoms with Gasteiger partial charge in [-0.05, 0) is 63.3 Å². The Hall–Kier alpha value is -1.55. The van der Waals surface area contributed by atoms with E-state index in [-0.39, 0.29) is 17.5 Å². The van der Waals surface area contributed by atoms with Gasteiger partial charge in [0.2, 0.25) is 5.91 Å². The van der Waals surface area contributed by atoms with Gasteiger partial charge in [-0.25, -0.2) is 0 Å². The number of aryl methyl sites for hydroxylation is 1. The van der Waals surface area contributed by atoms with Crippen LogP contribution in [-0.2, 0) is 11.2 Å². The van der Waals surface area contributed by atoms with Gasteiger partial charge < -0.3 is 15.7 Å². The maximum Gasteiger partial charge on any atom is 0.221 e. The molecule has 116 valence electrons. The van der Waals surface area contributed by atoms with Gasteiger partial charge in [-0.2, -0.15) is 0 Å². The van der Waals surface area contributed by atoms with Crippen LogP contribution >= 0.6 is 0 Å². The minimum absolute atomic E-state index is 0.0803. The van der Waals surface area contributed by atoms with Crippen LogP contribution in [0.4, 0.5) is 0 Å². The SMILES string of the molecule is CC(C)(C)NC(=O)CCNC1CCCc2cc(O)ccc21. The van der Waals surface area contributed by atoms with Gasteiger partial charge in [-0.3, -0.25) is 4.79 Å². The summed E-state index contributed by atoms with van der Waals surface area (Å²) >= 11 is 0. The molecule has 4 nitrogen and oxygen atoms in total. The molecule has 0 radical (unpaired) electrons. The molecule has 0 fully saturated rings. The average Bonchev–Trinajstić information content (AvgIpc) is 2.36. The molecule has 1 unspecified atom stereocenters. The van der Waals surface area contributed by atoms with Crippen LogP contribution < -0.4 is 10.6 Å². The topological polar surface area (TPSA) is 61.4 Å². The molecule has 0 heterocycles. The number of fused-ring (bicyclic) bond motifs is 1. The lowest BCUT2D eigenvalue weighted by Gasteiger charge is -2.27. The molecule has 2 rings (SSSR count). The molecule has 1 amide bonds. The van der Waals surface area contributed by atoms with Gasteiger partial charge in [0.1, 0.15) is 5.75 Å². The number of phenols is 1. The van der Waals surface area contributed by atoms with E-state index in [1.165, 1.54) is 11.1 Å². The molecule has 3 N–H and O–H groups in total. The number of benzene rings is 1. The number of hydrogen-bond donors (Lipinski definition) is 3. The van der Waals surface area contributed by atoms with Crippen molar-refractivity contribution in [3.05, 3.63) is 29.3 Å². The highest BCUT2D eigenvalue weighted by atomic mass is 16.3. The summed E-state index contributed by atoms with van der Waals surface area (Å²) in [6.07, 6.45) is 3.70. The highest BCUT2D eigenvalue weighted by Crippen LogP contribution is 2.31. The van der Waals surface area contributed by atoms with Crippen molar-refractivity contribution in [2.45, 2.75) is 58.0 Å². The number of nitrogens with one attached hydrogen (secondary N) is 2. The van der Waals surface area contributed by atoms with Crippen molar-refractivity contribution < 1.29 is 9.90 Å². The van der Waals surface area contributed by atoms with Crippen molar-refractivity contribution in [1.29, 1.82) is 0 Å². The van der Waals surface area contributed by atoms with Crippen molar-refractivity contribution >= 4 is 5.91 Å². The molecule has 1 atom stereocenters. The van der Waals surface area contributed by atoms with E-state index in [1.807, 2.05) is 32.9 Å². The van der Waals surface area contributed by atoms with E-state index in [2.05, 4.69) is 10.6 Å². The first-order valence-corrected chi connectivity index (χ1v) is 7.71. The Bertz CT molecular complexity index is 506.